The number of benzene rings is 2. The highest BCUT2D eigenvalue weighted by Crippen LogP contribution is 2.58. The van der Waals surface area contributed by atoms with E-state index in [-0.39, 0.29) is 16.6 Å². The lowest BCUT2D eigenvalue weighted by Gasteiger charge is -2.29. The number of nitrogens with one attached hydrogen (secondary N) is 1. The van der Waals surface area contributed by atoms with E-state index in [0.717, 1.165) is 0 Å². The van der Waals surface area contributed by atoms with Gasteiger partial charge in [-0.1, -0.05) is 48.0 Å². The van der Waals surface area contributed by atoms with Gasteiger partial charge in [0, 0.05) is 30.4 Å². The Balaban J connectivity index is 1.96. The third kappa shape index (κ3) is 2.44. The maximum Gasteiger partial charge on any atom is 0.377 e. The van der Waals surface area contributed by atoms with Gasteiger partial charge in [0.2, 0.25) is 0 Å². The molecule has 1 aliphatic heterocycles. The number of rotatable bonds is 4. The highest BCUT2D eigenvalue weighted by atomic mass is 35.5. The lowest BCUT2D eigenvalue weighted by molar-refractivity contribution is 0.0761. The van der Waals surface area contributed by atoms with Gasteiger partial charge in [0.05, 0.1) is 5.92 Å². The minimum atomic E-state index is -3.85. The second-order valence-corrected chi connectivity index (χ2v) is 9.06. The number of carbonyl (C=O) groups excluding carboxylic acids is 2. The number of halogens is 1. The van der Waals surface area contributed by atoms with E-state index in [0.29, 0.717) is 10.6 Å². The van der Waals surface area contributed by atoms with Crippen LogP contribution in [0.15, 0.2) is 53.6 Å². The lowest BCUT2D eigenvalue weighted by atomic mass is 9.77. The molecule has 0 amide bonds. The van der Waals surface area contributed by atoms with E-state index < -0.39 is 30.6 Å². The Morgan fingerprint density at radius 3 is 2.18 bits per heavy atom. The summed E-state index contributed by atoms with van der Waals surface area (Å²) in [4.78, 5) is 26.8. The molecule has 1 spiro atoms. The largest absolute Gasteiger partial charge is 0.377 e. The number of nitrogens with zero attached hydrogens (tertiary/aromatic N) is 1. The van der Waals surface area contributed by atoms with Crippen LogP contribution >= 0.6 is 19.2 Å². The van der Waals surface area contributed by atoms with Crippen molar-refractivity contribution in [1.82, 2.24) is 5.43 Å². The van der Waals surface area contributed by atoms with Crippen LogP contribution in [0, 0.1) is 0 Å². The standard InChI is InChI=1S/C19H16ClN2O5P/c1-26-28(25,27-2)18-15(11-6-5-7-12(20)10-11)19(22-21-18)16(23)13-8-3-4-9-14(13)17(19)24/h3-10,15,22H,1-2H3. The molecule has 2 aliphatic rings. The van der Waals surface area contributed by atoms with Crippen molar-refractivity contribution in [3.05, 3.63) is 70.2 Å². The zero-order valence-electron chi connectivity index (χ0n) is 15.0. The minimum Gasteiger partial charge on any atom is -0.308 e. The number of hydrogen-bond donors (Lipinski definition) is 1. The minimum absolute atomic E-state index is 0.0470. The average Bonchev–Trinajstić information content (AvgIpc) is 3.22. The third-order valence-corrected chi connectivity index (χ3v) is 7.23. The number of hydrogen-bond acceptors (Lipinski definition) is 7. The number of carbonyl (C=O) groups is 2. The molecule has 1 aliphatic carbocycles. The highest BCUT2D eigenvalue weighted by Gasteiger charge is 2.65. The lowest BCUT2D eigenvalue weighted by Crippen LogP contribution is -2.54. The van der Waals surface area contributed by atoms with E-state index in [2.05, 4.69) is 10.5 Å². The molecule has 9 heteroatoms. The molecule has 4 rings (SSSR count). The van der Waals surface area contributed by atoms with Crippen molar-refractivity contribution in [2.75, 3.05) is 14.2 Å². The van der Waals surface area contributed by atoms with Crippen LogP contribution in [-0.4, -0.2) is 36.8 Å². The van der Waals surface area contributed by atoms with Gasteiger partial charge in [0.25, 0.3) is 0 Å². The molecular formula is C19H16ClN2O5P. The molecule has 2 aromatic carbocycles. The summed E-state index contributed by atoms with van der Waals surface area (Å²) in [5.41, 5.74) is 1.94. The van der Waals surface area contributed by atoms with Gasteiger partial charge >= 0.3 is 7.60 Å². The second kappa shape index (κ2) is 6.64. The van der Waals surface area contributed by atoms with Crippen LogP contribution in [0.3, 0.4) is 0 Å². The molecule has 144 valence electrons. The fourth-order valence-corrected chi connectivity index (χ4v) is 5.36. The summed E-state index contributed by atoms with van der Waals surface area (Å²) < 4.78 is 23.4. The molecule has 0 aromatic heterocycles. The van der Waals surface area contributed by atoms with Crippen molar-refractivity contribution >= 4 is 36.2 Å². The van der Waals surface area contributed by atoms with E-state index in [9.17, 15) is 14.2 Å². The third-order valence-electron chi connectivity index (χ3n) is 5.11. The summed E-state index contributed by atoms with van der Waals surface area (Å²) in [5, 5.41) is 4.53. The Morgan fingerprint density at radius 1 is 1.04 bits per heavy atom. The number of fused-ring (bicyclic) bond motifs is 1. The van der Waals surface area contributed by atoms with Crippen molar-refractivity contribution < 1.29 is 23.2 Å². The summed E-state index contributed by atoms with van der Waals surface area (Å²) in [6.45, 7) is 0. The molecule has 1 atom stereocenters. The summed E-state index contributed by atoms with van der Waals surface area (Å²) in [7, 11) is -1.41. The Bertz CT molecular complexity index is 1040. The molecule has 0 saturated carbocycles. The number of Topliss-reactive ketones (excluding diaryl/α,β-unsaturated/α-hetero) is 2. The first kappa shape index (κ1) is 19.0. The molecule has 0 fully saturated rings. The Morgan fingerprint density at radius 2 is 1.64 bits per heavy atom. The maximum absolute atomic E-state index is 13.4. The SMILES string of the molecule is COP(=O)(OC)C1=NNC2(C(=O)c3ccccc3C2=O)C1c1cccc(Cl)c1. The van der Waals surface area contributed by atoms with Crippen molar-refractivity contribution in [1.29, 1.82) is 0 Å². The van der Waals surface area contributed by atoms with Gasteiger partial charge in [-0.2, -0.15) is 5.10 Å². The maximum atomic E-state index is 13.4. The molecule has 0 saturated heterocycles. The number of hydrazone groups is 1. The summed E-state index contributed by atoms with van der Waals surface area (Å²) in [5.74, 6) is -1.91. The molecule has 1 heterocycles. The smallest absolute Gasteiger partial charge is 0.308 e. The fraction of sp³-hybridized carbons (Fsp3) is 0.211. The van der Waals surface area contributed by atoms with Crippen LogP contribution in [0.25, 0.3) is 0 Å². The van der Waals surface area contributed by atoms with Crippen LogP contribution in [0.4, 0.5) is 0 Å². The van der Waals surface area contributed by atoms with Crippen LogP contribution in [-0.2, 0) is 13.6 Å². The van der Waals surface area contributed by atoms with Gasteiger partial charge in [-0.3, -0.25) is 19.6 Å². The van der Waals surface area contributed by atoms with Crippen molar-refractivity contribution in [3.63, 3.8) is 0 Å². The van der Waals surface area contributed by atoms with E-state index in [1.165, 1.54) is 14.2 Å². The summed E-state index contributed by atoms with van der Waals surface area (Å²) in [6, 6.07) is 13.2. The summed E-state index contributed by atoms with van der Waals surface area (Å²) in [6.07, 6.45) is 0. The van der Waals surface area contributed by atoms with Crippen LogP contribution in [0.1, 0.15) is 32.2 Å². The van der Waals surface area contributed by atoms with Crippen molar-refractivity contribution in [2.45, 2.75) is 11.5 Å². The molecule has 0 bridgehead atoms. The fourth-order valence-electron chi connectivity index (χ4n) is 3.81. The molecule has 2 aromatic rings. The second-order valence-electron chi connectivity index (χ2n) is 6.44. The van der Waals surface area contributed by atoms with Crippen LogP contribution < -0.4 is 5.43 Å². The van der Waals surface area contributed by atoms with Crippen LogP contribution in [0.2, 0.25) is 5.02 Å². The van der Waals surface area contributed by atoms with Gasteiger partial charge in [0.15, 0.2) is 22.6 Å². The molecule has 28 heavy (non-hydrogen) atoms. The predicted octanol–water partition coefficient (Wildman–Crippen LogP) is 3.64. The van der Waals surface area contributed by atoms with Gasteiger partial charge < -0.3 is 9.05 Å². The molecule has 7 nitrogen and oxygen atoms in total. The molecular weight excluding hydrogens is 403 g/mol. The predicted molar refractivity (Wildman–Crippen MR) is 104 cm³/mol. The summed E-state index contributed by atoms with van der Waals surface area (Å²) >= 11 is 6.15. The van der Waals surface area contributed by atoms with E-state index in [1.54, 1.807) is 48.5 Å². The first-order valence-electron chi connectivity index (χ1n) is 8.40. The Kier molecular flexibility index (Phi) is 4.51. The zero-order chi connectivity index (χ0) is 20.1. The van der Waals surface area contributed by atoms with E-state index in [1.807, 2.05) is 0 Å². The van der Waals surface area contributed by atoms with Crippen molar-refractivity contribution in [3.8, 4) is 0 Å². The van der Waals surface area contributed by atoms with Gasteiger partial charge in [-0.25, -0.2) is 0 Å². The zero-order valence-corrected chi connectivity index (χ0v) is 16.7. The first-order chi connectivity index (χ1) is 13.4. The monoisotopic (exact) mass is 418 g/mol. The van der Waals surface area contributed by atoms with Gasteiger partial charge in [-0.15, -0.1) is 0 Å². The average molecular weight is 419 g/mol. The van der Waals surface area contributed by atoms with Gasteiger partial charge in [0.1, 0.15) is 0 Å². The van der Waals surface area contributed by atoms with Gasteiger partial charge in [-0.05, 0) is 17.7 Å². The Hall–Kier alpha value is -2.31. The molecule has 1 unspecified atom stereocenters. The van der Waals surface area contributed by atoms with Crippen LogP contribution in [0.5, 0.6) is 0 Å². The highest BCUT2D eigenvalue weighted by molar-refractivity contribution is 7.72. The quantitative estimate of drug-likeness (QED) is 0.601. The molecule has 1 N–H and O–H groups in total. The van der Waals surface area contributed by atoms with E-state index >= 15 is 0 Å². The first-order valence-corrected chi connectivity index (χ1v) is 10.3. The number of ketones is 2. The molecule has 0 radical (unpaired) electrons. The van der Waals surface area contributed by atoms with Crippen molar-refractivity contribution in [2.24, 2.45) is 5.10 Å². The van der Waals surface area contributed by atoms with E-state index in [4.69, 9.17) is 20.6 Å². The normalized spacial score (nSPS) is 20.2. The topological polar surface area (TPSA) is 94.1 Å². The Labute approximate surface area is 166 Å².